The van der Waals surface area contributed by atoms with Gasteiger partial charge in [-0.15, -0.1) is 0 Å². The Hall–Kier alpha value is -7.17. The summed E-state index contributed by atoms with van der Waals surface area (Å²) in [5.41, 5.74) is 1.94. The fraction of sp³-hybridized carbons (Fsp3) is 0.493. The van der Waals surface area contributed by atoms with Crippen molar-refractivity contribution >= 4 is 90.9 Å². The molecular formula is C67H91Cl3N6O14Si. The van der Waals surface area contributed by atoms with Crippen LogP contribution in [0.1, 0.15) is 104 Å². The van der Waals surface area contributed by atoms with Crippen molar-refractivity contribution in [3.8, 4) is 5.75 Å². The molecule has 24 heteroatoms. The van der Waals surface area contributed by atoms with E-state index in [1.807, 2.05) is 30.3 Å². The molecule has 0 fully saturated rings. The topological polar surface area (TPSA) is 255 Å². The number of rotatable bonds is 33. The van der Waals surface area contributed by atoms with Crippen molar-refractivity contribution in [2.45, 2.75) is 177 Å². The SMILES string of the molecule is C=CCOC(=O)[C@H](Cc1ccccc1)NC(=O)[C@@H](NC(=O)OCC(Cl)(Cl)Cl)[C@@H](C)OC(=O)[C@@H](NC(=O)[C@H](Cc1ccc(O[Si](C)(C)C(C)(C)C)cc1)N(C)C(=O)[C@H](Cc1ccccc1)NC(=O)[C@H](CCCOCc1ccccc1)NC(=O)OC(C)(C)C)[C@@H](C)CC. The van der Waals surface area contributed by atoms with Crippen molar-refractivity contribution < 1.29 is 66.5 Å². The van der Waals surface area contributed by atoms with Gasteiger partial charge in [0.1, 0.15) is 66.9 Å². The van der Waals surface area contributed by atoms with Crippen LogP contribution in [0.5, 0.6) is 5.75 Å². The van der Waals surface area contributed by atoms with Gasteiger partial charge in [0.15, 0.2) is 0 Å². The molecule has 0 aliphatic heterocycles. The standard InChI is InChI=1S/C67H91Cl3N6O14Si/c1-14-37-86-61(81)53(40-47-28-21-17-22-29-47)72-59(79)56(75-63(83)87-43-67(68,69)70)45(4)88-62(82)55(44(3)15-2)74-58(78)54(41-48-33-35-50(36-34-48)90-91(12,13)66(8,9)10)76(11)60(80)52(39-46-26-19-16-20-27-46)71-57(77)51(73-64(84)89-65(5,6)7)32-25-38-85-42-49-30-23-18-24-31-49/h14,16-24,26-31,33-36,44-45,51-56H,1,15,25,32,37-43H2,2-13H3,(H,71,77)(H,72,79)(H,73,84)(H,74,78)(H,75,83)/t44-,45+,51-,52-,53-,54-,55-,56-/m0/s1. The summed E-state index contributed by atoms with van der Waals surface area (Å²) in [5, 5.41) is 13.3. The molecule has 20 nitrogen and oxygen atoms in total. The van der Waals surface area contributed by atoms with Crippen LogP contribution in [-0.4, -0.2) is 140 Å². The van der Waals surface area contributed by atoms with Crippen LogP contribution in [0.25, 0.3) is 0 Å². The third-order valence-corrected chi connectivity index (χ3v) is 19.8. The number of alkyl carbamates (subject to hydrolysis) is 2. The van der Waals surface area contributed by atoms with Crippen molar-refractivity contribution in [3.63, 3.8) is 0 Å². The van der Waals surface area contributed by atoms with Gasteiger partial charge in [0.2, 0.25) is 35.7 Å². The van der Waals surface area contributed by atoms with Crippen molar-refractivity contribution in [1.82, 2.24) is 31.5 Å². The van der Waals surface area contributed by atoms with E-state index in [4.69, 9.17) is 62.9 Å². The molecule has 0 saturated heterocycles. The number of hydrogen-bond acceptors (Lipinski definition) is 14. The Kier molecular flexibility index (Phi) is 30.3. The second-order valence-electron chi connectivity index (χ2n) is 24.8. The van der Waals surface area contributed by atoms with Crippen molar-refractivity contribution in [3.05, 3.63) is 150 Å². The third-order valence-electron chi connectivity index (χ3n) is 15.1. The summed E-state index contributed by atoms with van der Waals surface area (Å²) in [7, 11) is -0.877. The molecule has 0 aliphatic rings. The Balaban J connectivity index is 1.75. The van der Waals surface area contributed by atoms with Gasteiger partial charge in [-0.2, -0.15) is 0 Å². The molecule has 0 heterocycles. The highest BCUT2D eigenvalue weighted by Gasteiger charge is 2.41. The fourth-order valence-corrected chi connectivity index (χ4v) is 10.1. The molecule has 0 saturated carbocycles. The summed E-state index contributed by atoms with van der Waals surface area (Å²) in [6.07, 6.45) is -1.82. The number of likely N-dealkylation sites (N-methyl/N-ethyl adjacent to an activating group) is 1. The van der Waals surface area contributed by atoms with Crippen LogP contribution in [0.15, 0.2) is 128 Å². The van der Waals surface area contributed by atoms with Gasteiger partial charge < -0.3 is 59.6 Å². The lowest BCUT2D eigenvalue weighted by molar-refractivity contribution is -0.157. The van der Waals surface area contributed by atoms with E-state index in [-0.39, 0.29) is 43.9 Å². The Morgan fingerprint density at radius 3 is 1.68 bits per heavy atom. The van der Waals surface area contributed by atoms with E-state index < -0.39 is 120 Å². The molecule has 4 rings (SSSR count). The van der Waals surface area contributed by atoms with Crippen LogP contribution >= 0.6 is 34.8 Å². The number of carbonyl (C=O) groups is 8. The second-order valence-corrected chi connectivity index (χ2v) is 32.0. The van der Waals surface area contributed by atoms with Crippen LogP contribution in [0.3, 0.4) is 0 Å². The summed E-state index contributed by atoms with van der Waals surface area (Å²) < 4.78 is 32.4. The number of nitrogens with one attached hydrogen (secondary N) is 5. The summed E-state index contributed by atoms with van der Waals surface area (Å²) >= 11 is 17.6. The maximum absolute atomic E-state index is 15.4. The molecular weight excluding hydrogens is 1250 g/mol. The lowest BCUT2D eigenvalue weighted by atomic mass is 9.97. The monoisotopic (exact) mass is 1340 g/mol. The van der Waals surface area contributed by atoms with Crippen LogP contribution in [0, 0.1) is 5.92 Å². The first kappa shape index (κ1) is 76.3. The smallest absolute Gasteiger partial charge is 0.408 e. The molecule has 0 radical (unpaired) electrons. The number of esters is 2. The van der Waals surface area contributed by atoms with Gasteiger partial charge in [-0.05, 0) is 99.0 Å². The van der Waals surface area contributed by atoms with Gasteiger partial charge in [-0.3, -0.25) is 19.2 Å². The Morgan fingerprint density at radius 1 is 0.615 bits per heavy atom. The number of halogens is 3. The predicted octanol–water partition coefficient (Wildman–Crippen LogP) is 10.4. The predicted molar refractivity (Wildman–Crippen MR) is 354 cm³/mol. The van der Waals surface area contributed by atoms with E-state index >= 15 is 9.59 Å². The van der Waals surface area contributed by atoms with Crippen LogP contribution in [0.2, 0.25) is 18.1 Å². The zero-order chi connectivity index (χ0) is 67.7. The van der Waals surface area contributed by atoms with E-state index in [1.54, 1.807) is 120 Å². The number of hydrogen-bond donors (Lipinski definition) is 5. The normalized spacial score (nSPS) is 14.4. The van der Waals surface area contributed by atoms with Gasteiger partial charge in [-0.1, -0.05) is 192 Å². The number of ether oxygens (including phenoxy) is 5. The van der Waals surface area contributed by atoms with Gasteiger partial charge in [-0.25, -0.2) is 19.2 Å². The average molecular weight is 1340 g/mol. The Morgan fingerprint density at radius 2 is 1.15 bits per heavy atom. The second kappa shape index (κ2) is 36.2. The number of alkyl halides is 3. The molecule has 498 valence electrons. The molecule has 0 bridgehead atoms. The molecule has 6 amide bonds. The molecule has 4 aromatic rings. The number of benzene rings is 4. The molecule has 0 aliphatic carbocycles. The van der Waals surface area contributed by atoms with Crippen LogP contribution < -0.4 is 31.0 Å². The van der Waals surface area contributed by atoms with Crippen molar-refractivity contribution in [2.75, 3.05) is 26.9 Å². The van der Waals surface area contributed by atoms with Crippen molar-refractivity contribution in [1.29, 1.82) is 0 Å². The van der Waals surface area contributed by atoms with Crippen molar-refractivity contribution in [2.24, 2.45) is 5.92 Å². The Labute approximate surface area is 552 Å². The van der Waals surface area contributed by atoms with E-state index in [0.717, 1.165) is 5.56 Å². The van der Waals surface area contributed by atoms with E-state index in [0.29, 0.717) is 41.9 Å². The van der Waals surface area contributed by atoms with Crippen LogP contribution in [0.4, 0.5) is 9.59 Å². The zero-order valence-corrected chi connectivity index (χ0v) is 57.5. The lowest BCUT2D eigenvalue weighted by Gasteiger charge is -2.36. The number of nitrogens with zero attached hydrogens (tertiary/aromatic N) is 1. The van der Waals surface area contributed by atoms with Gasteiger partial charge in [0, 0.05) is 32.9 Å². The molecule has 5 N–H and O–H groups in total. The quantitative estimate of drug-likeness (QED) is 0.00743. The van der Waals surface area contributed by atoms with E-state index in [9.17, 15) is 28.8 Å². The molecule has 4 aromatic carbocycles. The third kappa shape index (κ3) is 26.9. The summed E-state index contributed by atoms with van der Waals surface area (Å²) in [6.45, 7) is 23.6. The summed E-state index contributed by atoms with van der Waals surface area (Å²) in [4.78, 5) is 116. The fourth-order valence-electron chi connectivity index (χ4n) is 8.87. The maximum atomic E-state index is 15.4. The highest BCUT2D eigenvalue weighted by Crippen LogP contribution is 2.37. The first-order valence-corrected chi connectivity index (χ1v) is 34.4. The molecule has 0 spiro atoms. The minimum atomic E-state index is -2.29. The highest BCUT2D eigenvalue weighted by molar-refractivity contribution is 6.74. The zero-order valence-electron chi connectivity index (χ0n) is 54.2. The van der Waals surface area contributed by atoms with E-state index in [2.05, 4.69) is 67.0 Å². The van der Waals surface area contributed by atoms with Crippen LogP contribution in [-0.2, 0) is 78.3 Å². The van der Waals surface area contributed by atoms with Gasteiger partial charge >= 0.3 is 24.1 Å². The van der Waals surface area contributed by atoms with E-state index in [1.165, 1.54) is 24.9 Å². The van der Waals surface area contributed by atoms with Gasteiger partial charge in [0.25, 0.3) is 0 Å². The largest absolute Gasteiger partial charge is 0.544 e. The van der Waals surface area contributed by atoms with Gasteiger partial charge in [0.05, 0.1) is 6.61 Å². The first-order valence-electron chi connectivity index (χ1n) is 30.3. The summed E-state index contributed by atoms with van der Waals surface area (Å²) in [5.74, 6) is -5.15. The minimum absolute atomic E-state index is 0.0484. The summed E-state index contributed by atoms with van der Waals surface area (Å²) in [6, 6.07) is 25.8. The molecule has 91 heavy (non-hydrogen) atoms. The maximum Gasteiger partial charge on any atom is 0.408 e. The Bertz CT molecular complexity index is 3000. The molecule has 0 aromatic heterocycles. The molecule has 8 atom stereocenters. The average Bonchev–Trinajstić information content (AvgIpc) is 0.968. The first-order chi connectivity index (χ1) is 42.7. The number of amides is 6. The highest BCUT2D eigenvalue weighted by atomic mass is 35.6. The minimum Gasteiger partial charge on any atom is -0.544 e. The number of carbonyl (C=O) groups excluding carboxylic acids is 8. The lowest BCUT2D eigenvalue weighted by Crippen LogP contribution is -2.60. The molecule has 0 unspecified atom stereocenters.